The van der Waals surface area contributed by atoms with Crippen LogP contribution in [0.25, 0.3) is 63.1 Å². The average Bonchev–Trinajstić information content (AvgIpc) is 3.64. The first kappa shape index (κ1) is 28.6. The molecule has 0 fully saturated rings. The van der Waals surface area contributed by atoms with E-state index in [9.17, 15) is 0 Å². The van der Waals surface area contributed by atoms with Crippen LogP contribution in [-0.2, 0) is 5.41 Å². The van der Waals surface area contributed by atoms with Gasteiger partial charge in [0.2, 0.25) is 0 Å². The molecule has 1 aliphatic carbocycles. The van der Waals surface area contributed by atoms with Crippen LogP contribution >= 0.6 is 0 Å². The maximum absolute atomic E-state index is 2.47. The van der Waals surface area contributed by atoms with E-state index < -0.39 is 0 Å². The first-order chi connectivity index (χ1) is 24.0. The molecule has 9 aromatic rings. The standard InChI is InChI=1S/C47H33NSe/c1-47(2)42-17-8-6-15-37(42)38-26-24-36(29-43(38)47)48(34-14-10-13-33(27-34)30-11-4-3-5-12-30)35-23-21-31-19-20-32-22-25-40-39-16-7-9-18-44(39)49-46(40)45(32)41(31)28-35/h3-29H,1-2H3. The van der Waals surface area contributed by atoms with E-state index in [-0.39, 0.29) is 19.9 Å². The molecule has 0 aliphatic heterocycles. The van der Waals surface area contributed by atoms with Crippen molar-refractivity contribution in [2.75, 3.05) is 4.90 Å². The van der Waals surface area contributed by atoms with Crippen molar-refractivity contribution in [3.8, 4) is 22.3 Å². The second kappa shape index (κ2) is 10.8. The summed E-state index contributed by atoms with van der Waals surface area (Å²) in [5.74, 6) is 0. The van der Waals surface area contributed by atoms with E-state index in [4.69, 9.17) is 0 Å². The molecule has 0 N–H and O–H groups in total. The summed E-state index contributed by atoms with van der Waals surface area (Å²) < 4.78 is 2.98. The van der Waals surface area contributed by atoms with Crippen molar-refractivity contribution in [2.24, 2.45) is 0 Å². The Bertz CT molecular complexity index is 2750. The number of anilines is 3. The number of fused-ring (bicyclic) bond motifs is 10. The molecule has 0 atom stereocenters. The zero-order valence-electron chi connectivity index (χ0n) is 27.4. The van der Waals surface area contributed by atoms with E-state index in [1.807, 2.05) is 0 Å². The Morgan fingerprint density at radius 2 is 1.12 bits per heavy atom. The molecule has 2 heteroatoms. The molecular formula is C47H33NSe. The van der Waals surface area contributed by atoms with Gasteiger partial charge in [0.05, 0.1) is 0 Å². The van der Waals surface area contributed by atoms with Crippen molar-refractivity contribution in [3.63, 3.8) is 0 Å². The molecule has 0 saturated carbocycles. The van der Waals surface area contributed by atoms with Crippen molar-refractivity contribution < 1.29 is 0 Å². The first-order valence-corrected chi connectivity index (χ1v) is 18.7. The summed E-state index contributed by atoms with van der Waals surface area (Å²) in [4.78, 5) is 2.47. The van der Waals surface area contributed by atoms with Crippen molar-refractivity contribution in [3.05, 3.63) is 175 Å². The van der Waals surface area contributed by atoms with Crippen molar-refractivity contribution in [1.29, 1.82) is 0 Å². The fourth-order valence-corrected chi connectivity index (χ4v) is 10.8. The van der Waals surface area contributed by atoms with Crippen LogP contribution < -0.4 is 4.90 Å². The molecule has 0 unspecified atom stereocenters. The summed E-state index contributed by atoms with van der Waals surface area (Å²) in [7, 11) is 0. The van der Waals surface area contributed by atoms with E-state index in [1.54, 1.807) is 0 Å². The number of hydrogen-bond acceptors (Lipinski definition) is 1. The third-order valence-corrected chi connectivity index (χ3v) is 13.1. The predicted molar refractivity (Wildman–Crippen MR) is 211 cm³/mol. The van der Waals surface area contributed by atoms with Gasteiger partial charge in [0.15, 0.2) is 0 Å². The van der Waals surface area contributed by atoms with Gasteiger partial charge in [-0.1, -0.05) is 18.2 Å². The molecule has 8 aromatic carbocycles. The molecule has 1 aliphatic rings. The average molecular weight is 691 g/mol. The normalized spacial score (nSPS) is 13.3. The third kappa shape index (κ3) is 4.38. The molecule has 1 nitrogen and oxygen atoms in total. The summed E-state index contributed by atoms with van der Waals surface area (Å²) in [6, 6.07) is 61.0. The van der Waals surface area contributed by atoms with Gasteiger partial charge in [-0.3, -0.25) is 0 Å². The first-order valence-electron chi connectivity index (χ1n) is 17.0. The van der Waals surface area contributed by atoms with E-state index in [2.05, 4.69) is 183 Å². The predicted octanol–water partition coefficient (Wildman–Crippen LogP) is 12.8. The molecule has 232 valence electrons. The molecule has 0 spiro atoms. The van der Waals surface area contributed by atoms with Gasteiger partial charge in [-0.25, -0.2) is 0 Å². The number of rotatable bonds is 4. The fourth-order valence-electron chi connectivity index (χ4n) is 8.18. The van der Waals surface area contributed by atoms with Crippen LogP contribution in [0.2, 0.25) is 0 Å². The van der Waals surface area contributed by atoms with Crippen LogP contribution in [-0.4, -0.2) is 14.5 Å². The van der Waals surface area contributed by atoms with Crippen LogP contribution in [0.5, 0.6) is 0 Å². The zero-order valence-corrected chi connectivity index (χ0v) is 29.2. The molecule has 1 aromatic heterocycles. The molecule has 10 rings (SSSR count). The van der Waals surface area contributed by atoms with E-state index in [0.29, 0.717) is 0 Å². The van der Waals surface area contributed by atoms with Crippen LogP contribution in [0.3, 0.4) is 0 Å². The van der Waals surface area contributed by atoms with Gasteiger partial charge >= 0.3 is 276 Å². The van der Waals surface area contributed by atoms with Gasteiger partial charge in [0.1, 0.15) is 0 Å². The molecule has 0 amide bonds. The summed E-state index contributed by atoms with van der Waals surface area (Å²) in [5, 5.41) is 8.10. The SMILES string of the molecule is CC1(C)c2ccccc2-c2ccc(N(c3cccc(-c4ccccc4)c3)c3ccc4ccc5ccc6c7ccccc7[se]c6c5c4c3)cc21. The van der Waals surface area contributed by atoms with Gasteiger partial charge in [-0.2, -0.15) is 0 Å². The summed E-state index contributed by atoms with van der Waals surface area (Å²) in [6.07, 6.45) is 0. The number of nitrogens with zero attached hydrogens (tertiary/aromatic N) is 1. The van der Waals surface area contributed by atoms with Crippen LogP contribution in [0.1, 0.15) is 25.0 Å². The Kier molecular flexibility index (Phi) is 6.31. The van der Waals surface area contributed by atoms with Crippen LogP contribution in [0.15, 0.2) is 164 Å². The number of benzene rings is 8. The van der Waals surface area contributed by atoms with Crippen molar-refractivity contribution in [1.82, 2.24) is 0 Å². The summed E-state index contributed by atoms with van der Waals surface area (Å²) >= 11 is 0.264. The Morgan fingerprint density at radius 1 is 0.449 bits per heavy atom. The second-order valence-electron chi connectivity index (χ2n) is 13.8. The molecule has 0 bridgehead atoms. The van der Waals surface area contributed by atoms with Gasteiger partial charge in [-0.15, -0.1) is 0 Å². The molecule has 0 saturated heterocycles. The van der Waals surface area contributed by atoms with Gasteiger partial charge < -0.3 is 0 Å². The Hall–Kier alpha value is -5.40. The molecular weight excluding hydrogens is 657 g/mol. The van der Waals surface area contributed by atoms with E-state index in [1.165, 1.54) is 85.6 Å². The van der Waals surface area contributed by atoms with Gasteiger partial charge in [-0.05, 0) is 0 Å². The Balaban J connectivity index is 1.23. The van der Waals surface area contributed by atoms with E-state index in [0.717, 1.165) is 5.69 Å². The topological polar surface area (TPSA) is 3.24 Å². The van der Waals surface area contributed by atoms with Crippen molar-refractivity contribution in [2.45, 2.75) is 19.3 Å². The van der Waals surface area contributed by atoms with Crippen LogP contribution in [0, 0.1) is 0 Å². The van der Waals surface area contributed by atoms with Gasteiger partial charge in [0, 0.05) is 0 Å². The summed E-state index contributed by atoms with van der Waals surface area (Å²) in [6.45, 7) is 4.73. The quantitative estimate of drug-likeness (QED) is 0.131. The van der Waals surface area contributed by atoms with Crippen LogP contribution in [0.4, 0.5) is 17.1 Å². The van der Waals surface area contributed by atoms with Gasteiger partial charge in [0.25, 0.3) is 0 Å². The minimum atomic E-state index is -0.0866. The van der Waals surface area contributed by atoms with Crippen molar-refractivity contribution >= 4 is 72.4 Å². The maximum atomic E-state index is 2.47. The molecule has 1 heterocycles. The van der Waals surface area contributed by atoms with E-state index >= 15 is 0 Å². The molecule has 49 heavy (non-hydrogen) atoms. The molecule has 0 radical (unpaired) electrons. The second-order valence-corrected chi connectivity index (χ2v) is 16.0. The minimum absolute atomic E-state index is 0.0866. The Labute approximate surface area is 292 Å². The fraction of sp³-hybridized carbons (Fsp3) is 0.0638. The number of hydrogen-bond donors (Lipinski definition) is 0. The third-order valence-electron chi connectivity index (χ3n) is 10.6. The summed E-state index contributed by atoms with van der Waals surface area (Å²) in [5.41, 5.74) is 11.3. The Morgan fingerprint density at radius 3 is 2.04 bits per heavy atom. The zero-order chi connectivity index (χ0) is 32.7. The monoisotopic (exact) mass is 691 g/mol.